The van der Waals surface area contributed by atoms with Crippen LogP contribution >= 0.6 is 0 Å². The third-order valence-electron chi connectivity index (χ3n) is 5.10. The van der Waals surface area contributed by atoms with Gasteiger partial charge >= 0.3 is 0 Å². The third kappa shape index (κ3) is 6.29. The molecule has 5 nitrogen and oxygen atoms in total. The number of nitrogens with zero attached hydrogens (tertiary/aromatic N) is 2. The van der Waals surface area contributed by atoms with Crippen LogP contribution in [0.4, 0.5) is 0 Å². The Hall–Kier alpha value is -1.59. The number of aliphatic hydroxyl groups is 1. The lowest BCUT2D eigenvalue weighted by molar-refractivity contribution is 0.0367. The predicted molar refractivity (Wildman–Crippen MR) is 105 cm³/mol. The molecule has 1 saturated carbocycles. The molecule has 144 valence electrons. The number of hydrogen-bond acceptors (Lipinski definition) is 3. The van der Waals surface area contributed by atoms with E-state index >= 15 is 0 Å². The number of aliphatic hydroxyl groups excluding tert-OH is 1. The van der Waals surface area contributed by atoms with Gasteiger partial charge in [0.25, 0.3) is 0 Å². The molecule has 0 amide bonds. The number of aliphatic imine (C=N–C) groups is 1. The lowest BCUT2D eigenvalue weighted by atomic mass is 9.99. The van der Waals surface area contributed by atoms with Crippen molar-refractivity contribution < 1.29 is 9.84 Å². The summed E-state index contributed by atoms with van der Waals surface area (Å²) in [6, 6.07) is 10.7. The maximum Gasteiger partial charge on any atom is 0.194 e. The van der Waals surface area contributed by atoms with Gasteiger partial charge in [0.1, 0.15) is 0 Å². The molecule has 0 spiro atoms. The molecule has 1 heterocycles. The van der Waals surface area contributed by atoms with Gasteiger partial charge in [0, 0.05) is 26.2 Å². The molecule has 1 aromatic carbocycles. The summed E-state index contributed by atoms with van der Waals surface area (Å²) in [5.74, 6) is 2.31. The van der Waals surface area contributed by atoms with E-state index in [4.69, 9.17) is 4.74 Å². The number of ether oxygens (including phenoxy) is 1. The van der Waals surface area contributed by atoms with Crippen LogP contribution in [0.1, 0.15) is 31.7 Å². The molecule has 2 fully saturated rings. The van der Waals surface area contributed by atoms with E-state index < -0.39 is 6.10 Å². The Morgan fingerprint density at radius 1 is 1.27 bits per heavy atom. The molecule has 1 aromatic rings. The number of rotatable bonds is 9. The van der Waals surface area contributed by atoms with Gasteiger partial charge < -0.3 is 20.1 Å². The molecule has 3 rings (SSSR count). The van der Waals surface area contributed by atoms with E-state index in [-0.39, 0.29) is 0 Å². The Morgan fingerprint density at radius 2 is 2.08 bits per heavy atom. The predicted octanol–water partition coefficient (Wildman–Crippen LogP) is 2.30. The molecule has 0 bridgehead atoms. The number of benzene rings is 1. The van der Waals surface area contributed by atoms with Gasteiger partial charge in [0.05, 0.1) is 19.3 Å². The van der Waals surface area contributed by atoms with E-state index in [2.05, 4.69) is 52.5 Å². The maximum atomic E-state index is 10.1. The highest BCUT2D eigenvalue weighted by atomic mass is 16.5. The van der Waals surface area contributed by atoms with Crippen molar-refractivity contribution in [2.75, 3.05) is 39.4 Å². The van der Waals surface area contributed by atoms with Gasteiger partial charge in [0.15, 0.2) is 5.96 Å². The Bertz CT molecular complexity index is 560. The molecule has 0 radical (unpaired) electrons. The Balaban J connectivity index is 1.45. The summed E-state index contributed by atoms with van der Waals surface area (Å²) in [5, 5.41) is 13.5. The molecule has 2 atom stereocenters. The first-order chi connectivity index (χ1) is 12.7. The van der Waals surface area contributed by atoms with E-state index in [1.54, 1.807) is 0 Å². The summed E-state index contributed by atoms with van der Waals surface area (Å²) in [6.07, 6.45) is 4.33. The van der Waals surface area contributed by atoms with Crippen molar-refractivity contribution in [1.82, 2.24) is 10.2 Å². The van der Waals surface area contributed by atoms with Crippen molar-refractivity contribution in [3.8, 4) is 0 Å². The SMILES string of the molecule is CCNC(=NCC(O)COCC1CC1)N1CCC(Cc2ccccc2)C1. The van der Waals surface area contributed by atoms with Crippen molar-refractivity contribution in [2.24, 2.45) is 16.8 Å². The molecule has 26 heavy (non-hydrogen) atoms. The summed E-state index contributed by atoms with van der Waals surface area (Å²) in [7, 11) is 0. The van der Waals surface area contributed by atoms with Gasteiger partial charge in [0.2, 0.25) is 0 Å². The fourth-order valence-electron chi connectivity index (χ4n) is 3.46. The smallest absolute Gasteiger partial charge is 0.194 e. The van der Waals surface area contributed by atoms with Crippen LogP contribution in [0.2, 0.25) is 0 Å². The molecule has 1 saturated heterocycles. The lowest BCUT2D eigenvalue weighted by Crippen LogP contribution is -2.41. The monoisotopic (exact) mass is 359 g/mol. The van der Waals surface area contributed by atoms with Gasteiger partial charge in [-0.1, -0.05) is 30.3 Å². The van der Waals surface area contributed by atoms with Crippen LogP contribution in [-0.2, 0) is 11.2 Å². The minimum atomic E-state index is -0.523. The van der Waals surface area contributed by atoms with Crippen molar-refractivity contribution in [3.63, 3.8) is 0 Å². The van der Waals surface area contributed by atoms with Crippen LogP contribution in [0.25, 0.3) is 0 Å². The van der Waals surface area contributed by atoms with Gasteiger partial charge in [-0.15, -0.1) is 0 Å². The molecule has 2 N–H and O–H groups in total. The van der Waals surface area contributed by atoms with Crippen LogP contribution in [0.3, 0.4) is 0 Å². The minimum Gasteiger partial charge on any atom is -0.389 e. The highest BCUT2D eigenvalue weighted by Gasteiger charge is 2.25. The number of nitrogens with one attached hydrogen (secondary N) is 1. The van der Waals surface area contributed by atoms with Gasteiger partial charge in [-0.25, -0.2) is 0 Å². The number of likely N-dealkylation sites (tertiary alicyclic amines) is 1. The molecule has 2 unspecified atom stereocenters. The molecule has 0 aromatic heterocycles. The number of guanidine groups is 1. The molecule has 1 aliphatic heterocycles. The standard InChI is InChI=1S/C21H33N3O2/c1-2-22-21(23-13-20(25)16-26-15-18-8-9-18)24-11-10-19(14-24)12-17-6-4-3-5-7-17/h3-7,18-20,25H,2,8-16H2,1H3,(H,22,23). The van der Waals surface area contributed by atoms with Crippen molar-refractivity contribution in [2.45, 2.75) is 38.7 Å². The fraction of sp³-hybridized carbons (Fsp3) is 0.667. The van der Waals surface area contributed by atoms with Gasteiger partial charge in [-0.05, 0) is 50.0 Å². The van der Waals surface area contributed by atoms with Crippen LogP contribution in [0, 0.1) is 11.8 Å². The minimum absolute atomic E-state index is 0.385. The van der Waals surface area contributed by atoms with E-state index in [9.17, 15) is 5.11 Å². The summed E-state index contributed by atoms with van der Waals surface area (Å²) in [4.78, 5) is 6.98. The molecular weight excluding hydrogens is 326 g/mol. The molecular formula is C21H33N3O2. The van der Waals surface area contributed by atoms with E-state index in [0.29, 0.717) is 19.1 Å². The van der Waals surface area contributed by atoms with Crippen molar-refractivity contribution in [1.29, 1.82) is 0 Å². The van der Waals surface area contributed by atoms with Crippen LogP contribution < -0.4 is 5.32 Å². The average Bonchev–Trinajstić information content (AvgIpc) is 3.36. The zero-order valence-electron chi connectivity index (χ0n) is 15.9. The highest BCUT2D eigenvalue weighted by molar-refractivity contribution is 5.80. The second kappa shape index (κ2) is 9.93. The first-order valence-electron chi connectivity index (χ1n) is 10.1. The van der Waals surface area contributed by atoms with E-state index in [1.807, 2.05) is 0 Å². The second-order valence-electron chi connectivity index (χ2n) is 7.62. The zero-order chi connectivity index (χ0) is 18.2. The topological polar surface area (TPSA) is 57.1 Å². The third-order valence-corrected chi connectivity index (χ3v) is 5.10. The van der Waals surface area contributed by atoms with Crippen molar-refractivity contribution >= 4 is 5.96 Å². The second-order valence-corrected chi connectivity index (χ2v) is 7.62. The first-order valence-corrected chi connectivity index (χ1v) is 10.1. The quantitative estimate of drug-likeness (QED) is 0.525. The zero-order valence-corrected chi connectivity index (χ0v) is 15.9. The van der Waals surface area contributed by atoms with E-state index in [0.717, 1.165) is 44.5 Å². The normalized spacial score (nSPS) is 21.8. The Labute approximate surface area is 157 Å². The molecule has 1 aliphatic carbocycles. The van der Waals surface area contributed by atoms with E-state index in [1.165, 1.54) is 24.8 Å². The average molecular weight is 360 g/mol. The number of hydrogen-bond donors (Lipinski definition) is 2. The molecule has 5 heteroatoms. The lowest BCUT2D eigenvalue weighted by Gasteiger charge is -2.22. The van der Waals surface area contributed by atoms with Gasteiger partial charge in [-0.3, -0.25) is 4.99 Å². The van der Waals surface area contributed by atoms with Crippen molar-refractivity contribution in [3.05, 3.63) is 35.9 Å². The van der Waals surface area contributed by atoms with Crippen LogP contribution in [0.15, 0.2) is 35.3 Å². The summed E-state index contributed by atoms with van der Waals surface area (Å²) < 4.78 is 5.57. The first kappa shape index (κ1) is 19.2. The summed E-state index contributed by atoms with van der Waals surface area (Å²) in [6.45, 7) is 6.54. The summed E-state index contributed by atoms with van der Waals surface area (Å²) in [5.41, 5.74) is 1.41. The van der Waals surface area contributed by atoms with Crippen LogP contribution in [-0.4, -0.2) is 61.5 Å². The largest absolute Gasteiger partial charge is 0.389 e. The molecule has 2 aliphatic rings. The highest BCUT2D eigenvalue weighted by Crippen LogP contribution is 2.28. The maximum absolute atomic E-state index is 10.1. The van der Waals surface area contributed by atoms with Crippen LogP contribution in [0.5, 0.6) is 0 Å². The Kier molecular flexibility index (Phi) is 7.32. The fourth-order valence-corrected chi connectivity index (χ4v) is 3.46. The summed E-state index contributed by atoms with van der Waals surface area (Å²) >= 11 is 0. The van der Waals surface area contributed by atoms with Gasteiger partial charge in [-0.2, -0.15) is 0 Å². The Morgan fingerprint density at radius 3 is 2.81 bits per heavy atom.